The van der Waals surface area contributed by atoms with Crippen molar-refractivity contribution in [1.82, 2.24) is 0 Å². The Kier molecular flexibility index (Phi) is 9.24. The van der Waals surface area contributed by atoms with Gasteiger partial charge in [0, 0.05) is 0 Å². The number of esters is 1. The van der Waals surface area contributed by atoms with Gasteiger partial charge in [-0.05, 0) is 42.8 Å². The number of alkyl halides is 3. The molecule has 0 aliphatic heterocycles. The van der Waals surface area contributed by atoms with E-state index >= 15 is 0 Å². The van der Waals surface area contributed by atoms with Crippen LogP contribution in [0.4, 0.5) is 13.2 Å². The van der Waals surface area contributed by atoms with Crippen LogP contribution in [0, 0.1) is 11.8 Å². The number of methoxy groups -OCH3 is 1. The number of hydrogen-bond acceptors (Lipinski definition) is 5. The topological polar surface area (TPSA) is 65.0 Å². The highest BCUT2D eigenvalue weighted by Crippen LogP contribution is 2.34. The Bertz CT molecular complexity index is 964. The van der Waals surface area contributed by atoms with E-state index in [1.807, 2.05) is 0 Å². The number of aliphatic hydroxyl groups is 1. The van der Waals surface area contributed by atoms with Gasteiger partial charge in [-0.15, -0.1) is 5.92 Å². The van der Waals surface area contributed by atoms with Crippen LogP contribution in [-0.4, -0.2) is 37.5 Å². The number of halogens is 4. The number of benzene rings is 2. The number of rotatable bonds is 9. The minimum absolute atomic E-state index is 0.0248. The van der Waals surface area contributed by atoms with Gasteiger partial charge in [0.05, 0.1) is 30.0 Å². The molecule has 2 atom stereocenters. The molecule has 0 bridgehead atoms. The van der Waals surface area contributed by atoms with E-state index in [1.54, 1.807) is 31.2 Å². The lowest BCUT2D eigenvalue weighted by Gasteiger charge is -2.16. The third kappa shape index (κ3) is 7.66. The molecule has 0 aliphatic rings. The Morgan fingerprint density at radius 3 is 2.34 bits per heavy atom. The van der Waals surface area contributed by atoms with Crippen molar-refractivity contribution in [2.24, 2.45) is 0 Å². The summed E-state index contributed by atoms with van der Waals surface area (Å²) in [4.78, 5) is 11.5. The van der Waals surface area contributed by atoms with E-state index < -0.39 is 17.8 Å². The van der Waals surface area contributed by atoms with Crippen LogP contribution in [0.1, 0.15) is 30.4 Å². The highest BCUT2D eigenvalue weighted by atomic mass is 35.5. The second kappa shape index (κ2) is 11.7. The lowest BCUT2D eigenvalue weighted by atomic mass is 9.96. The monoisotopic (exact) mass is 470 g/mol. The van der Waals surface area contributed by atoms with Crippen molar-refractivity contribution in [2.75, 3.05) is 20.3 Å². The van der Waals surface area contributed by atoms with Crippen LogP contribution in [-0.2, 0) is 15.7 Å². The largest absolute Gasteiger partial charge is 0.491 e. The molecule has 0 spiro atoms. The summed E-state index contributed by atoms with van der Waals surface area (Å²) < 4.78 is 53.5. The Morgan fingerprint density at radius 2 is 1.78 bits per heavy atom. The summed E-state index contributed by atoms with van der Waals surface area (Å²) in [6.45, 7) is 1.34. The second-order valence-corrected chi connectivity index (χ2v) is 7.12. The van der Waals surface area contributed by atoms with E-state index in [4.69, 9.17) is 25.8 Å². The molecule has 0 fully saturated rings. The fourth-order valence-corrected chi connectivity index (χ4v) is 2.93. The molecule has 0 radical (unpaired) electrons. The van der Waals surface area contributed by atoms with Gasteiger partial charge in [0.1, 0.15) is 30.8 Å². The average Bonchev–Trinajstić information content (AvgIpc) is 2.76. The van der Waals surface area contributed by atoms with E-state index in [9.17, 15) is 23.1 Å². The van der Waals surface area contributed by atoms with Crippen molar-refractivity contribution >= 4 is 17.6 Å². The minimum Gasteiger partial charge on any atom is -0.491 e. The van der Waals surface area contributed by atoms with Crippen LogP contribution >= 0.6 is 11.6 Å². The van der Waals surface area contributed by atoms with Crippen LogP contribution in [0.15, 0.2) is 42.5 Å². The predicted octanol–water partition coefficient (Wildman–Crippen LogP) is 4.85. The molecule has 0 aliphatic carbocycles. The number of aliphatic hydroxyl groups excluding tert-OH is 1. The van der Waals surface area contributed by atoms with Gasteiger partial charge in [-0.3, -0.25) is 4.79 Å². The Balaban J connectivity index is 1.88. The van der Waals surface area contributed by atoms with Crippen molar-refractivity contribution in [3.05, 3.63) is 58.6 Å². The van der Waals surface area contributed by atoms with Gasteiger partial charge in [-0.1, -0.05) is 29.7 Å². The van der Waals surface area contributed by atoms with Crippen LogP contribution in [0.2, 0.25) is 5.02 Å². The maximum Gasteiger partial charge on any atom is 0.416 e. The normalized spacial score (nSPS) is 12.8. The van der Waals surface area contributed by atoms with E-state index in [-0.39, 0.29) is 42.3 Å². The molecule has 5 nitrogen and oxygen atoms in total. The number of ether oxygens (including phenoxy) is 3. The highest BCUT2D eigenvalue weighted by Gasteiger charge is 2.31. The summed E-state index contributed by atoms with van der Waals surface area (Å²) in [5, 5.41) is 9.83. The van der Waals surface area contributed by atoms with Crippen LogP contribution in [0.3, 0.4) is 0 Å². The Morgan fingerprint density at radius 1 is 1.12 bits per heavy atom. The van der Waals surface area contributed by atoms with Gasteiger partial charge in [0.25, 0.3) is 0 Å². The first-order valence-corrected chi connectivity index (χ1v) is 9.91. The van der Waals surface area contributed by atoms with E-state index in [1.165, 1.54) is 7.11 Å². The number of carbonyl (C=O) groups is 1. The van der Waals surface area contributed by atoms with Crippen molar-refractivity contribution in [3.63, 3.8) is 0 Å². The average molecular weight is 471 g/mol. The fraction of sp³-hybridized carbons (Fsp3) is 0.348. The van der Waals surface area contributed by atoms with E-state index in [0.717, 1.165) is 23.8 Å². The number of carbonyl (C=O) groups excluding carboxylic acids is 1. The summed E-state index contributed by atoms with van der Waals surface area (Å²) >= 11 is 5.82. The molecule has 9 heteroatoms. The third-order valence-corrected chi connectivity index (χ3v) is 4.63. The van der Waals surface area contributed by atoms with Crippen molar-refractivity contribution in [3.8, 4) is 23.3 Å². The Hall–Kier alpha value is -2.89. The molecule has 2 unspecified atom stereocenters. The molecule has 2 rings (SSSR count). The van der Waals surface area contributed by atoms with Crippen molar-refractivity contribution in [2.45, 2.75) is 31.5 Å². The van der Waals surface area contributed by atoms with E-state index in [0.29, 0.717) is 5.75 Å². The summed E-state index contributed by atoms with van der Waals surface area (Å²) in [7, 11) is 1.32. The second-order valence-electron chi connectivity index (χ2n) is 6.72. The maximum absolute atomic E-state index is 12.7. The molecule has 0 saturated carbocycles. The molecule has 0 heterocycles. The molecule has 0 amide bonds. The summed E-state index contributed by atoms with van der Waals surface area (Å²) in [6.07, 6.45) is -5.43. The maximum atomic E-state index is 12.7. The molecule has 0 saturated heterocycles. The fourth-order valence-electron chi connectivity index (χ4n) is 2.69. The van der Waals surface area contributed by atoms with Gasteiger partial charge in [0.2, 0.25) is 0 Å². The van der Waals surface area contributed by atoms with Crippen LogP contribution < -0.4 is 9.47 Å². The molecular formula is C23H22ClF3O5. The van der Waals surface area contributed by atoms with Gasteiger partial charge in [-0.25, -0.2) is 0 Å². The van der Waals surface area contributed by atoms with Crippen LogP contribution in [0.25, 0.3) is 0 Å². The summed E-state index contributed by atoms with van der Waals surface area (Å²) in [5.74, 6) is 5.57. The minimum atomic E-state index is -4.51. The zero-order valence-electron chi connectivity index (χ0n) is 17.4. The first kappa shape index (κ1) is 25.4. The molecule has 1 N–H and O–H groups in total. The quantitative estimate of drug-likeness (QED) is 0.419. The van der Waals surface area contributed by atoms with E-state index in [2.05, 4.69) is 11.8 Å². The SMILES string of the molecule is CC#CC(CC(=O)OC)c1ccc(OCC(O)COc2ccc(C(F)(F)F)cc2Cl)cc1. The van der Waals surface area contributed by atoms with Gasteiger partial charge >= 0.3 is 12.1 Å². The zero-order valence-corrected chi connectivity index (χ0v) is 18.2. The Labute approximate surface area is 189 Å². The third-order valence-electron chi connectivity index (χ3n) is 4.33. The predicted molar refractivity (Wildman–Crippen MR) is 113 cm³/mol. The lowest BCUT2D eigenvalue weighted by Crippen LogP contribution is -2.25. The highest BCUT2D eigenvalue weighted by molar-refractivity contribution is 6.32. The first-order valence-electron chi connectivity index (χ1n) is 9.53. The van der Waals surface area contributed by atoms with Crippen molar-refractivity contribution in [1.29, 1.82) is 0 Å². The number of hydrogen-bond donors (Lipinski definition) is 1. The summed E-state index contributed by atoms with van der Waals surface area (Å²) in [5.41, 5.74) is -0.0705. The molecule has 172 valence electrons. The molecule has 2 aromatic rings. The van der Waals surface area contributed by atoms with Crippen molar-refractivity contribution < 1.29 is 37.3 Å². The molecule has 32 heavy (non-hydrogen) atoms. The smallest absolute Gasteiger partial charge is 0.416 e. The molecular weight excluding hydrogens is 449 g/mol. The standard InChI is InChI=1S/C23H22ClF3O5/c1-3-4-16(11-22(29)30-2)15-5-8-19(9-6-15)31-13-18(28)14-32-21-10-7-17(12-20(21)24)23(25,26)27/h5-10,12,16,18,28H,11,13-14H2,1-2H3. The van der Waals surface area contributed by atoms with Crippen LogP contribution in [0.5, 0.6) is 11.5 Å². The van der Waals surface area contributed by atoms with Gasteiger partial charge < -0.3 is 19.3 Å². The lowest BCUT2D eigenvalue weighted by molar-refractivity contribution is -0.141. The molecule has 2 aromatic carbocycles. The molecule has 0 aromatic heterocycles. The first-order chi connectivity index (χ1) is 15.1. The van der Waals surface area contributed by atoms with Gasteiger partial charge in [0.15, 0.2) is 0 Å². The van der Waals surface area contributed by atoms with Gasteiger partial charge in [-0.2, -0.15) is 13.2 Å². The zero-order chi connectivity index (χ0) is 23.7. The summed E-state index contributed by atoms with van der Waals surface area (Å²) in [6, 6.07) is 9.59.